The number of fused-ring (bicyclic) bond motifs is 4. The zero-order valence-electron chi connectivity index (χ0n) is 17.1. The van der Waals surface area contributed by atoms with Gasteiger partial charge in [-0.1, -0.05) is 36.4 Å². The summed E-state index contributed by atoms with van der Waals surface area (Å²) in [5.41, 5.74) is 3.57. The highest BCUT2D eigenvalue weighted by molar-refractivity contribution is 5.86. The maximum atomic E-state index is 11.3. The maximum Gasteiger partial charge on any atom is 0.216 e. The van der Waals surface area contributed by atoms with Crippen LogP contribution in [0.15, 0.2) is 48.5 Å². The first-order valence-electron chi connectivity index (χ1n) is 10.6. The molecule has 1 unspecified atom stereocenters. The van der Waals surface area contributed by atoms with Crippen LogP contribution < -0.4 is 5.32 Å². The minimum Gasteiger partial charge on any atom is -0.355 e. The summed E-state index contributed by atoms with van der Waals surface area (Å²) in [5, 5.41) is 10.4. The van der Waals surface area contributed by atoms with Crippen LogP contribution in [0, 0.1) is 5.92 Å². The number of amides is 1. The van der Waals surface area contributed by atoms with Gasteiger partial charge in [0.15, 0.2) is 0 Å². The van der Waals surface area contributed by atoms with Crippen LogP contribution in [-0.2, 0) is 11.8 Å². The first-order chi connectivity index (χ1) is 14.1. The van der Waals surface area contributed by atoms with E-state index >= 15 is 0 Å². The van der Waals surface area contributed by atoms with E-state index in [0.717, 1.165) is 31.7 Å². The highest BCUT2D eigenvalue weighted by Crippen LogP contribution is 2.42. The van der Waals surface area contributed by atoms with Crippen LogP contribution in [0.5, 0.6) is 0 Å². The molecule has 1 aromatic heterocycles. The van der Waals surface area contributed by atoms with Gasteiger partial charge < -0.3 is 5.32 Å². The molecule has 3 aliphatic heterocycles. The summed E-state index contributed by atoms with van der Waals surface area (Å²) >= 11 is 0. The Hall–Kier alpha value is -2.66. The number of benzene rings is 2. The SMILES string of the molecule is CC(=O)NC[C@H]1C[C@H]2CCN1C[C@@H]2c1cc(-c2ccc3ccccc3c2)nn1C. The first kappa shape index (κ1) is 18.4. The van der Waals surface area contributed by atoms with Crippen molar-refractivity contribution in [2.75, 3.05) is 19.6 Å². The second-order valence-corrected chi connectivity index (χ2v) is 8.62. The Morgan fingerprint density at radius 1 is 1.17 bits per heavy atom. The quantitative estimate of drug-likeness (QED) is 0.744. The van der Waals surface area contributed by atoms with Gasteiger partial charge in [-0.2, -0.15) is 5.10 Å². The molecule has 0 spiro atoms. The Balaban J connectivity index is 1.39. The van der Waals surface area contributed by atoms with E-state index in [-0.39, 0.29) is 5.91 Å². The van der Waals surface area contributed by atoms with Gasteiger partial charge in [-0.15, -0.1) is 0 Å². The lowest BCUT2D eigenvalue weighted by Gasteiger charge is -2.49. The molecule has 3 aliphatic rings. The molecule has 1 N–H and O–H groups in total. The predicted molar refractivity (Wildman–Crippen MR) is 116 cm³/mol. The summed E-state index contributed by atoms with van der Waals surface area (Å²) in [6, 6.07) is 17.8. The molecule has 0 aliphatic carbocycles. The number of hydrogen-bond acceptors (Lipinski definition) is 3. The average molecular weight is 389 g/mol. The number of aryl methyl sites for hydroxylation is 1. The van der Waals surface area contributed by atoms with Crippen LogP contribution in [0.3, 0.4) is 0 Å². The van der Waals surface area contributed by atoms with Crippen molar-refractivity contribution in [3.8, 4) is 11.3 Å². The number of carbonyl (C=O) groups excluding carboxylic acids is 1. The van der Waals surface area contributed by atoms with Crippen molar-refractivity contribution in [3.63, 3.8) is 0 Å². The Morgan fingerprint density at radius 3 is 2.76 bits per heavy atom. The highest BCUT2D eigenvalue weighted by Gasteiger charge is 2.41. The number of aromatic nitrogens is 2. The molecule has 5 nitrogen and oxygen atoms in total. The molecule has 6 rings (SSSR count). The highest BCUT2D eigenvalue weighted by atomic mass is 16.1. The summed E-state index contributed by atoms with van der Waals surface area (Å²) in [4.78, 5) is 13.9. The fourth-order valence-corrected chi connectivity index (χ4v) is 5.27. The molecule has 2 bridgehead atoms. The van der Waals surface area contributed by atoms with Gasteiger partial charge in [0.2, 0.25) is 5.91 Å². The molecule has 3 aromatic rings. The summed E-state index contributed by atoms with van der Waals surface area (Å²) < 4.78 is 2.08. The Labute approximate surface area is 171 Å². The molecular weight excluding hydrogens is 360 g/mol. The van der Waals surface area contributed by atoms with E-state index in [1.54, 1.807) is 6.92 Å². The molecule has 5 heteroatoms. The summed E-state index contributed by atoms with van der Waals surface area (Å²) in [6.07, 6.45) is 2.39. The molecule has 4 heterocycles. The fourth-order valence-electron chi connectivity index (χ4n) is 5.27. The minimum absolute atomic E-state index is 0.0656. The fraction of sp³-hybridized carbons (Fsp3) is 0.417. The van der Waals surface area contributed by atoms with Crippen LogP contribution in [0.4, 0.5) is 0 Å². The van der Waals surface area contributed by atoms with Crippen LogP contribution >= 0.6 is 0 Å². The Kier molecular flexibility index (Phi) is 4.63. The molecule has 0 radical (unpaired) electrons. The van der Waals surface area contributed by atoms with Gasteiger partial charge in [-0.3, -0.25) is 14.4 Å². The lowest BCUT2D eigenvalue weighted by atomic mass is 9.74. The molecule has 2 aromatic carbocycles. The molecular formula is C24H28N4O. The number of carbonyl (C=O) groups is 1. The Bertz CT molecular complexity index is 1060. The Morgan fingerprint density at radius 2 is 2.00 bits per heavy atom. The molecule has 3 fully saturated rings. The second-order valence-electron chi connectivity index (χ2n) is 8.62. The average Bonchev–Trinajstić information content (AvgIpc) is 3.13. The summed E-state index contributed by atoms with van der Waals surface area (Å²) in [7, 11) is 2.08. The van der Waals surface area contributed by atoms with Gasteiger partial charge in [0.1, 0.15) is 0 Å². The molecule has 1 amide bonds. The maximum absolute atomic E-state index is 11.3. The number of nitrogens with one attached hydrogen (secondary N) is 1. The lowest BCUT2D eigenvalue weighted by Crippen LogP contribution is -2.56. The van der Waals surface area contributed by atoms with Crippen molar-refractivity contribution in [1.82, 2.24) is 20.0 Å². The monoisotopic (exact) mass is 388 g/mol. The summed E-state index contributed by atoms with van der Waals surface area (Å²) in [5.74, 6) is 1.25. The summed E-state index contributed by atoms with van der Waals surface area (Å²) in [6.45, 7) is 4.57. The minimum atomic E-state index is 0.0656. The van der Waals surface area contributed by atoms with Crippen molar-refractivity contribution in [2.45, 2.75) is 31.7 Å². The topological polar surface area (TPSA) is 50.2 Å². The van der Waals surface area contributed by atoms with E-state index in [4.69, 9.17) is 5.10 Å². The van der Waals surface area contributed by atoms with Gasteiger partial charge in [-0.05, 0) is 48.2 Å². The third-order valence-corrected chi connectivity index (χ3v) is 6.81. The van der Waals surface area contributed by atoms with Crippen molar-refractivity contribution >= 4 is 16.7 Å². The smallest absolute Gasteiger partial charge is 0.216 e. The molecule has 150 valence electrons. The van der Waals surface area contributed by atoms with Gasteiger partial charge in [0.05, 0.1) is 5.69 Å². The molecule has 29 heavy (non-hydrogen) atoms. The third kappa shape index (κ3) is 3.44. The van der Waals surface area contributed by atoms with Gasteiger partial charge >= 0.3 is 0 Å². The van der Waals surface area contributed by atoms with E-state index in [1.807, 2.05) is 0 Å². The number of rotatable bonds is 4. The number of nitrogens with zero attached hydrogens (tertiary/aromatic N) is 3. The zero-order chi connectivity index (χ0) is 20.0. The van der Waals surface area contributed by atoms with Crippen molar-refractivity contribution in [3.05, 3.63) is 54.2 Å². The van der Waals surface area contributed by atoms with Crippen molar-refractivity contribution < 1.29 is 4.79 Å². The van der Waals surface area contributed by atoms with E-state index in [0.29, 0.717) is 17.9 Å². The normalized spacial score (nSPS) is 26.0. The number of hydrogen-bond donors (Lipinski definition) is 1. The van der Waals surface area contributed by atoms with Crippen LogP contribution in [0.1, 0.15) is 31.4 Å². The number of piperidine rings is 3. The largest absolute Gasteiger partial charge is 0.355 e. The molecule has 0 saturated carbocycles. The van der Waals surface area contributed by atoms with E-state index in [1.165, 1.54) is 28.5 Å². The van der Waals surface area contributed by atoms with Crippen LogP contribution in [0.25, 0.3) is 22.0 Å². The predicted octanol–water partition coefficient (Wildman–Crippen LogP) is 3.55. The van der Waals surface area contributed by atoms with E-state index in [2.05, 4.69) is 70.5 Å². The first-order valence-corrected chi connectivity index (χ1v) is 10.6. The molecule has 3 saturated heterocycles. The van der Waals surface area contributed by atoms with Crippen molar-refractivity contribution in [1.29, 1.82) is 0 Å². The lowest BCUT2D eigenvalue weighted by molar-refractivity contribution is -0.119. The standard InChI is InChI=1S/C24H28N4O/c1-16(29)25-14-21-12-19-9-10-28(21)15-22(19)24-13-23(26-27(24)2)20-8-7-17-5-3-4-6-18(17)11-20/h3-8,11,13,19,21-22H,9-10,12,14-15H2,1-2H3,(H,25,29)/t19-,21-,22+/m1/s1. The second kappa shape index (κ2) is 7.30. The van der Waals surface area contributed by atoms with Crippen LogP contribution in [-0.4, -0.2) is 46.3 Å². The van der Waals surface area contributed by atoms with Crippen molar-refractivity contribution in [2.24, 2.45) is 13.0 Å². The van der Waals surface area contributed by atoms with E-state index < -0.39 is 0 Å². The third-order valence-electron chi connectivity index (χ3n) is 6.81. The van der Waals surface area contributed by atoms with E-state index in [9.17, 15) is 4.79 Å². The zero-order valence-corrected chi connectivity index (χ0v) is 17.1. The van der Waals surface area contributed by atoms with Gasteiger partial charge in [0.25, 0.3) is 0 Å². The molecule has 4 atom stereocenters. The van der Waals surface area contributed by atoms with Crippen LogP contribution in [0.2, 0.25) is 0 Å². The van der Waals surface area contributed by atoms with Gasteiger partial charge in [-0.25, -0.2) is 0 Å². The van der Waals surface area contributed by atoms with Gasteiger partial charge in [0, 0.05) is 50.3 Å².